The molecule has 1 aliphatic carbocycles. The maximum Gasteiger partial charge on any atom is 0.243 e. The molecule has 0 radical (unpaired) electrons. The van der Waals surface area contributed by atoms with Gasteiger partial charge in [0.15, 0.2) is 0 Å². The number of rotatable bonds is 7. The zero-order chi connectivity index (χ0) is 13.9. The number of halogens is 1. The van der Waals surface area contributed by atoms with E-state index in [9.17, 15) is 8.42 Å². The van der Waals surface area contributed by atoms with E-state index in [4.69, 9.17) is 16.3 Å². The smallest absolute Gasteiger partial charge is 0.243 e. The minimum atomic E-state index is -3.45. The van der Waals surface area contributed by atoms with Crippen molar-refractivity contribution in [2.24, 2.45) is 0 Å². The summed E-state index contributed by atoms with van der Waals surface area (Å²) in [7, 11) is -1.87. The molecule has 106 valence electrons. The Labute approximate surface area is 119 Å². The van der Waals surface area contributed by atoms with Gasteiger partial charge < -0.3 is 4.74 Å². The van der Waals surface area contributed by atoms with E-state index in [0.717, 1.165) is 18.4 Å². The third-order valence-corrected chi connectivity index (χ3v) is 5.39. The second kappa shape index (κ2) is 6.22. The highest BCUT2D eigenvalue weighted by molar-refractivity contribution is 7.89. The van der Waals surface area contributed by atoms with Gasteiger partial charge in [0.2, 0.25) is 10.0 Å². The van der Waals surface area contributed by atoms with E-state index in [2.05, 4.69) is 0 Å². The molecule has 2 rings (SSSR count). The molecule has 1 aliphatic rings. The normalized spacial score (nSPS) is 15.9. The van der Waals surface area contributed by atoms with Crippen LogP contribution in [-0.2, 0) is 20.6 Å². The van der Waals surface area contributed by atoms with Crippen molar-refractivity contribution in [3.8, 4) is 0 Å². The first-order valence-electron chi connectivity index (χ1n) is 6.25. The summed E-state index contributed by atoms with van der Waals surface area (Å²) in [6, 6.07) is 6.94. The van der Waals surface area contributed by atoms with Crippen molar-refractivity contribution in [3.63, 3.8) is 0 Å². The van der Waals surface area contributed by atoms with Crippen LogP contribution in [0.25, 0.3) is 0 Å². The van der Waals surface area contributed by atoms with Crippen LogP contribution in [-0.4, -0.2) is 39.0 Å². The largest absolute Gasteiger partial charge is 0.383 e. The highest BCUT2D eigenvalue weighted by Gasteiger charge is 2.37. The Hall–Kier alpha value is -0.620. The van der Waals surface area contributed by atoms with Gasteiger partial charge in [-0.15, -0.1) is 11.6 Å². The van der Waals surface area contributed by atoms with Gasteiger partial charge in [-0.3, -0.25) is 0 Å². The van der Waals surface area contributed by atoms with Crippen LogP contribution >= 0.6 is 11.6 Å². The van der Waals surface area contributed by atoms with Gasteiger partial charge in [-0.25, -0.2) is 8.42 Å². The van der Waals surface area contributed by atoms with E-state index < -0.39 is 10.0 Å². The molecule has 19 heavy (non-hydrogen) atoms. The number of sulfonamides is 1. The molecule has 0 spiro atoms. The predicted octanol–water partition coefficient (Wildman–Crippen LogP) is 2.22. The Morgan fingerprint density at radius 3 is 2.74 bits per heavy atom. The van der Waals surface area contributed by atoms with Gasteiger partial charge in [0.1, 0.15) is 0 Å². The van der Waals surface area contributed by atoms with Crippen molar-refractivity contribution in [1.82, 2.24) is 4.31 Å². The first kappa shape index (κ1) is 14.8. The second-order valence-corrected chi connectivity index (χ2v) is 6.78. The molecule has 4 nitrogen and oxygen atoms in total. The van der Waals surface area contributed by atoms with Gasteiger partial charge >= 0.3 is 0 Å². The second-order valence-electron chi connectivity index (χ2n) is 4.62. The minimum absolute atomic E-state index is 0.125. The molecular weight excluding hydrogens is 286 g/mol. The van der Waals surface area contributed by atoms with Crippen LogP contribution in [0.15, 0.2) is 29.2 Å². The number of nitrogens with zero attached hydrogens (tertiary/aromatic N) is 1. The van der Waals surface area contributed by atoms with Crippen LogP contribution in [0.5, 0.6) is 0 Å². The molecule has 6 heteroatoms. The first-order chi connectivity index (χ1) is 9.09. The summed E-state index contributed by atoms with van der Waals surface area (Å²) in [5, 5.41) is 0. The first-order valence-corrected chi connectivity index (χ1v) is 8.22. The molecule has 0 N–H and O–H groups in total. The van der Waals surface area contributed by atoms with Crippen LogP contribution in [0.2, 0.25) is 0 Å². The summed E-state index contributed by atoms with van der Waals surface area (Å²) in [6.45, 7) is 0.805. The minimum Gasteiger partial charge on any atom is -0.383 e. The molecule has 1 aromatic carbocycles. The van der Waals surface area contributed by atoms with E-state index in [1.807, 2.05) is 6.07 Å². The fourth-order valence-corrected chi connectivity index (χ4v) is 3.87. The molecular formula is C13H18ClNO3S. The lowest BCUT2D eigenvalue weighted by atomic mass is 10.2. The summed E-state index contributed by atoms with van der Waals surface area (Å²) in [6.07, 6.45) is 1.86. The van der Waals surface area contributed by atoms with Crippen molar-refractivity contribution in [1.29, 1.82) is 0 Å². The molecule has 1 saturated carbocycles. The number of methoxy groups -OCH3 is 1. The molecule has 0 amide bonds. The van der Waals surface area contributed by atoms with Crippen LogP contribution in [0, 0.1) is 0 Å². The quantitative estimate of drug-likeness (QED) is 0.726. The number of hydrogen-bond acceptors (Lipinski definition) is 3. The third-order valence-electron chi connectivity index (χ3n) is 3.13. The zero-order valence-corrected chi connectivity index (χ0v) is 12.5. The number of hydrogen-bond donors (Lipinski definition) is 0. The van der Waals surface area contributed by atoms with E-state index in [-0.39, 0.29) is 6.04 Å². The molecule has 1 fully saturated rings. The lowest BCUT2D eigenvalue weighted by molar-refractivity contribution is 0.177. The monoisotopic (exact) mass is 303 g/mol. The average molecular weight is 304 g/mol. The summed E-state index contributed by atoms with van der Waals surface area (Å²) < 4.78 is 31.8. The van der Waals surface area contributed by atoms with Crippen molar-refractivity contribution >= 4 is 21.6 Å². The van der Waals surface area contributed by atoms with E-state index in [0.29, 0.717) is 23.9 Å². The van der Waals surface area contributed by atoms with Crippen molar-refractivity contribution in [3.05, 3.63) is 29.8 Å². The lowest BCUT2D eigenvalue weighted by Gasteiger charge is -2.21. The molecule has 0 unspecified atom stereocenters. The number of benzene rings is 1. The van der Waals surface area contributed by atoms with Crippen LogP contribution < -0.4 is 0 Å². The molecule has 0 heterocycles. The van der Waals surface area contributed by atoms with Gasteiger partial charge in [-0.1, -0.05) is 12.1 Å². The van der Waals surface area contributed by atoms with E-state index >= 15 is 0 Å². The van der Waals surface area contributed by atoms with E-state index in [1.165, 1.54) is 0 Å². The summed E-state index contributed by atoms with van der Waals surface area (Å²) in [5.74, 6) is 0.310. The van der Waals surface area contributed by atoms with Gasteiger partial charge in [0, 0.05) is 25.6 Å². The molecule has 0 aromatic heterocycles. The molecule has 1 aromatic rings. The van der Waals surface area contributed by atoms with Gasteiger partial charge in [-0.2, -0.15) is 4.31 Å². The SMILES string of the molecule is COCCN(C1CC1)S(=O)(=O)c1cccc(CCl)c1. The standard InChI is InChI=1S/C13H18ClNO3S/c1-18-8-7-15(12-5-6-12)19(16,17)13-4-2-3-11(9-13)10-14/h2-4,9,12H,5-8,10H2,1H3. The average Bonchev–Trinajstić information content (AvgIpc) is 3.23. The molecule has 0 bridgehead atoms. The lowest BCUT2D eigenvalue weighted by Crippen LogP contribution is -2.35. The van der Waals surface area contributed by atoms with Gasteiger partial charge in [-0.05, 0) is 30.5 Å². The van der Waals surface area contributed by atoms with E-state index in [1.54, 1.807) is 29.6 Å². The van der Waals surface area contributed by atoms with Crippen LogP contribution in [0.1, 0.15) is 18.4 Å². The van der Waals surface area contributed by atoms with Gasteiger partial charge in [0.05, 0.1) is 11.5 Å². The maximum absolute atomic E-state index is 12.6. The molecule has 0 aliphatic heterocycles. The fraction of sp³-hybridized carbons (Fsp3) is 0.538. The van der Waals surface area contributed by atoms with Crippen LogP contribution in [0.4, 0.5) is 0 Å². The Morgan fingerprint density at radius 2 is 2.16 bits per heavy atom. The Kier molecular flexibility index (Phi) is 4.84. The summed E-state index contributed by atoms with van der Waals surface area (Å²) in [4.78, 5) is 0.314. The van der Waals surface area contributed by atoms with Crippen LogP contribution in [0.3, 0.4) is 0 Å². The number of ether oxygens (including phenoxy) is 1. The summed E-state index contributed by atoms with van der Waals surface area (Å²) in [5.41, 5.74) is 0.810. The van der Waals surface area contributed by atoms with Crippen molar-refractivity contribution in [2.45, 2.75) is 29.7 Å². The maximum atomic E-state index is 12.6. The van der Waals surface area contributed by atoms with Crippen molar-refractivity contribution in [2.75, 3.05) is 20.3 Å². The topological polar surface area (TPSA) is 46.6 Å². The summed E-state index contributed by atoms with van der Waals surface area (Å²) >= 11 is 5.76. The predicted molar refractivity (Wildman–Crippen MR) is 74.8 cm³/mol. The Bertz CT molecular complexity index is 528. The highest BCUT2D eigenvalue weighted by Crippen LogP contribution is 2.32. The molecule has 0 atom stereocenters. The third kappa shape index (κ3) is 3.48. The number of alkyl halides is 1. The Morgan fingerprint density at radius 1 is 1.42 bits per heavy atom. The zero-order valence-electron chi connectivity index (χ0n) is 10.9. The highest BCUT2D eigenvalue weighted by atomic mass is 35.5. The fourth-order valence-electron chi connectivity index (χ4n) is 1.97. The van der Waals surface area contributed by atoms with Crippen molar-refractivity contribution < 1.29 is 13.2 Å². The Balaban J connectivity index is 2.27. The molecule has 0 saturated heterocycles. The van der Waals surface area contributed by atoms with Gasteiger partial charge in [0.25, 0.3) is 0 Å².